The van der Waals surface area contributed by atoms with Gasteiger partial charge in [0.1, 0.15) is 0 Å². The molecule has 0 aliphatic carbocycles. The predicted octanol–water partition coefficient (Wildman–Crippen LogP) is 1.45. The predicted molar refractivity (Wildman–Crippen MR) is 72.6 cm³/mol. The molecule has 0 aliphatic heterocycles. The van der Waals surface area contributed by atoms with Crippen molar-refractivity contribution in [2.75, 3.05) is 5.75 Å². The Kier molecular flexibility index (Phi) is 5.89. The van der Waals surface area contributed by atoms with E-state index in [2.05, 4.69) is 21.4 Å². The summed E-state index contributed by atoms with van der Waals surface area (Å²) in [6, 6.07) is 3.82. The van der Waals surface area contributed by atoms with Gasteiger partial charge in [-0.2, -0.15) is 5.26 Å². The highest BCUT2D eigenvalue weighted by Crippen LogP contribution is 2.13. The lowest BCUT2D eigenvalue weighted by atomic mass is 10.2. The SMILES string of the molecule is Cc1cc(=O)[nH]c(SCCC(C#N)NC(C)C)n1. The van der Waals surface area contributed by atoms with E-state index in [1.165, 1.54) is 17.8 Å². The quantitative estimate of drug-likeness (QED) is 0.601. The lowest BCUT2D eigenvalue weighted by Crippen LogP contribution is -2.33. The van der Waals surface area contributed by atoms with Crippen molar-refractivity contribution in [1.29, 1.82) is 5.26 Å². The number of nitriles is 1. The van der Waals surface area contributed by atoms with Gasteiger partial charge in [-0.25, -0.2) is 4.98 Å². The average molecular weight is 266 g/mol. The van der Waals surface area contributed by atoms with Gasteiger partial charge < -0.3 is 4.98 Å². The van der Waals surface area contributed by atoms with Crippen molar-refractivity contribution >= 4 is 11.8 Å². The minimum Gasteiger partial charge on any atom is -0.301 e. The zero-order chi connectivity index (χ0) is 13.5. The van der Waals surface area contributed by atoms with Gasteiger partial charge in [-0.05, 0) is 27.2 Å². The maximum atomic E-state index is 11.2. The third-order valence-electron chi connectivity index (χ3n) is 2.18. The second-order valence-corrected chi connectivity index (χ2v) is 5.42. The van der Waals surface area contributed by atoms with Crippen molar-refractivity contribution in [2.24, 2.45) is 0 Å². The molecule has 1 aromatic heterocycles. The topological polar surface area (TPSA) is 81.6 Å². The molecule has 0 bridgehead atoms. The molecule has 98 valence electrons. The zero-order valence-corrected chi connectivity index (χ0v) is 11.7. The maximum absolute atomic E-state index is 11.2. The maximum Gasteiger partial charge on any atom is 0.251 e. The van der Waals surface area contributed by atoms with Gasteiger partial charge in [0, 0.05) is 23.6 Å². The summed E-state index contributed by atoms with van der Waals surface area (Å²) in [5, 5.41) is 12.7. The minimum atomic E-state index is -0.158. The summed E-state index contributed by atoms with van der Waals surface area (Å²) in [5.74, 6) is 0.740. The van der Waals surface area contributed by atoms with Crippen LogP contribution in [0.2, 0.25) is 0 Å². The van der Waals surface area contributed by atoms with E-state index in [9.17, 15) is 4.79 Å². The van der Waals surface area contributed by atoms with Gasteiger partial charge in [0.2, 0.25) is 0 Å². The van der Waals surface area contributed by atoms with E-state index in [-0.39, 0.29) is 17.6 Å². The molecule has 1 unspecified atom stereocenters. The Balaban J connectivity index is 2.46. The number of nitrogens with zero attached hydrogens (tertiary/aromatic N) is 2. The van der Waals surface area contributed by atoms with Crippen LogP contribution in [0.15, 0.2) is 16.0 Å². The highest BCUT2D eigenvalue weighted by molar-refractivity contribution is 7.99. The van der Waals surface area contributed by atoms with Gasteiger partial charge in [0.05, 0.1) is 12.1 Å². The number of H-pyrrole nitrogens is 1. The van der Waals surface area contributed by atoms with Crippen molar-refractivity contribution < 1.29 is 0 Å². The Labute approximate surface area is 111 Å². The van der Waals surface area contributed by atoms with Crippen LogP contribution in [0.25, 0.3) is 0 Å². The zero-order valence-electron chi connectivity index (χ0n) is 10.9. The molecule has 0 saturated carbocycles. The first-order valence-electron chi connectivity index (χ1n) is 5.87. The molecule has 0 radical (unpaired) electrons. The highest BCUT2D eigenvalue weighted by atomic mass is 32.2. The van der Waals surface area contributed by atoms with Crippen molar-refractivity contribution in [3.63, 3.8) is 0 Å². The number of aromatic nitrogens is 2. The second-order valence-electron chi connectivity index (χ2n) is 4.33. The molecule has 0 aromatic carbocycles. The molecule has 0 spiro atoms. The summed E-state index contributed by atoms with van der Waals surface area (Å²) < 4.78 is 0. The van der Waals surface area contributed by atoms with Gasteiger partial charge in [0.15, 0.2) is 5.16 Å². The fourth-order valence-electron chi connectivity index (χ4n) is 1.48. The van der Waals surface area contributed by atoms with Crippen molar-refractivity contribution in [3.8, 4) is 6.07 Å². The van der Waals surface area contributed by atoms with Crippen LogP contribution < -0.4 is 10.9 Å². The Morgan fingerprint density at radius 1 is 1.61 bits per heavy atom. The number of hydrogen-bond donors (Lipinski definition) is 2. The Morgan fingerprint density at radius 2 is 2.33 bits per heavy atom. The Bertz CT molecular complexity index is 478. The molecule has 18 heavy (non-hydrogen) atoms. The van der Waals surface area contributed by atoms with Gasteiger partial charge >= 0.3 is 0 Å². The Morgan fingerprint density at radius 3 is 2.89 bits per heavy atom. The molecule has 1 rings (SSSR count). The summed E-state index contributed by atoms with van der Waals surface area (Å²) in [7, 11) is 0. The smallest absolute Gasteiger partial charge is 0.251 e. The van der Waals surface area contributed by atoms with Crippen LogP contribution in [0.5, 0.6) is 0 Å². The lowest BCUT2D eigenvalue weighted by molar-refractivity contribution is 0.522. The van der Waals surface area contributed by atoms with Gasteiger partial charge in [0.25, 0.3) is 5.56 Å². The van der Waals surface area contributed by atoms with E-state index in [0.29, 0.717) is 10.9 Å². The first-order chi connectivity index (χ1) is 8.51. The molecule has 1 atom stereocenters. The van der Waals surface area contributed by atoms with Gasteiger partial charge in [-0.3, -0.25) is 10.1 Å². The highest BCUT2D eigenvalue weighted by Gasteiger charge is 2.09. The van der Waals surface area contributed by atoms with E-state index < -0.39 is 0 Å². The third-order valence-corrected chi connectivity index (χ3v) is 3.09. The average Bonchev–Trinajstić information content (AvgIpc) is 2.25. The molecule has 2 N–H and O–H groups in total. The monoisotopic (exact) mass is 266 g/mol. The summed E-state index contributed by atoms with van der Waals surface area (Å²) >= 11 is 1.46. The first-order valence-corrected chi connectivity index (χ1v) is 6.86. The summed E-state index contributed by atoms with van der Waals surface area (Å²) in [6.07, 6.45) is 0.719. The molecule has 0 amide bonds. The lowest BCUT2D eigenvalue weighted by Gasteiger charge is -2.13. The molecule has 0 aliphatic rings. The largest absolute Gasteiger partial charge is 0.301 e. The van der Waals surface area contributed by atoms with Crippen LogP contribution in [0, 0.1) is 18.3 Å². The van der Waals surface area contributed by atoms with E-state index in [4.69, 9.17) is 5.26 Å². The summed E-state index contributed by atoms with van der Waals surface area (Å²) in [5.41, 5.74) is 0.570. The molecule has 5 nitrogen and oxygen atoms in total. The fraction of sp³-hybridized carbons (Fsp3) is 0.583. The van der Waals surface area contributed by atoms with Crippen LogP contribution in [0.4, 0.5) is 0 Å². The van der Waals surface area contributed by atoms with Crippen molar-refractivity contribution in [1.82, 2.24) is 15.3 Å². The Hall–Kier alpha value is -1.32. The molecule has 1 aromatic rings. The van der Waals surface area contributed by atoms with E-state index in [1.807, 2.05) is 13.8 Å². The van der Waals surface area contributed by atoms with Crippen LogP contribution in [-0.4, -0.2) is 27.8 Å². The van der Waals surface area contributed by atoms with Crippen LogP contribution in [-0.2, 0) is 0 Å². The minimum absolute atomic E-state index is 0.137. The molecule has 6 heteroatoms. The number of rotatable bonds is 6. The van der Waals surface area contributed by atoms with Gasteiger partial charge in [-0.1, -0.05) is 11.8 Å². The van der Waals surface area contributed by atoms with E-state index >= 15 is 0 Å². The number of aryl methyl sites for hydroxylation is 1. The molecular weight excluding hydrogens is 248 g/mol. The molecule has 1 heterocycles. The van der Waals surface area contributed by atoms with E-state index in [0.717, 1.165) is 12.2 Å². The molecular formula is C12H18N4OS. The number of thioether (sulfide) groups is 1. The van der Waals surface area contributed by atoms with Crippen LogP contribution >= 0.6 is 11.8 Å². The number of nitrogens with one attached hydrogen (secondary N) is 2. The first kappa shape index (κ1) is 14.7. The normalized spacial score (nSPS) is 12.4. The number of aromatic amines is 1. The van der Waals surface area contributed by atoms with Crippen molar-refractivity contribution in [3.05, 3.63) is 22.1 Å². The van der Waals surface area contributed by atoms with Gasteiger partial charge in [-0.15, -0.1) is 0 Å². The van der Waals surface area contributed by atoms with Crippen molar-refractivity contribution in [2.45, 2.75) is 44.4 Å². The van der Waals surface area contributed by atoms with Crippen LogP contribution in [0.1, 0.15) is 26.0 Å². The molecule has 0 saturated heterocycles. The third kappa shape index (κ3) is 5.34. The van der Waals surface area contributed by atoms with Crippen LogP contribution in [0.3, 0.4) is 0 Å². The second kappa shape index (κ2) is 7.19. The fourth-order valence-corrected chi connectivity index (χ4v) is 2.41. The number of hydrogen-bond acceptors (Lipinski definition) is 5. The van der Waals surface area contributed by atoms with E-state index in [1.54, 1.807) is 6.92 Å². The molecule has 0 fully saturated rings. The summed E-state index contributed by atoms with van der Waals surface area (Å²) in [6.45, 7) is 5.81. The summed E-state index contributed by atoms with van der Waals surface area (Å²) in [4.78, 5) is 18.1. The standard InChI is InChI=1S/C12H18N4OS/c1-8(2)14-10(7-13)4-5-18-12-15-9(3)6-11(17)16-12/h6,8,10,14H,4-5H2,1-3H3,(H,15,16,17).